The standard InChI is InChI=1S/C18H17O4.3C4H9.Sn/c1-19-11-21-17-7-3-5-13-10-16-14(9-15(13)17)6-4-8-18(16)22-12-20-2;3*1-3-4-2;/h3-7,9-10H,11-12H2,1-2H3;3*1,3-4H2,2H3;. The second-order valence-corrected chi connectivity index (χ2v) is 22.8. The molecule has 3 aromatic rings. The SMILES string of the molecule is CCC[CH2][Sn]([CH2]CCC)([CH2]CCC)[c]1ccc2cc3c(OCOC)cccc3cc2c1OCOC. The molecule has 0 aliphatic heterocycles. The van der Waals surface area contributed by atoms with E-state index in [0.29, 0.717) is 0 Å². The quantitative estimate of drug-likeness (QED) is 0.0967. The zero-order valence-corrected chi connectivity index (χ0v) is 25.3. The number of benzene rings is 3. The topological polar surface area (TPSA) is 36.9 Å². The van der Waals surface area contributed by atoms with E-state index in [-0.39, 0.29) is 13.6 Å². The Labute approximate surface area is 216 Å². The van der Waals surface area contributed by atoms with Crippen LogP contribution in [0.25, 0.3) is 21.5 Å². The predicted molar refractivity (Wildman–Crippen MR) is 151 cm³/mol. The van der Waals surface area contributed by atoms with E-state index in [1.165, 1.54) is 62.6 Å². The first kappa shape index (κ1) is 28.1. The first-order valence-electron chi connectivity index (χ1n) is 13.4. The van der Waals surface area contributed by atoms with Crippen LogP contribution in [0.15, 0.2) is 42.5 Å². The minimum absolute atomic E-state index is 0.238. The molecule has 0 radical (unpaired) electrons. The molecule has 0 bridgehead atoms. The van der Waals surface area contributed by atoms with E-state index in [9.17, 15) is 0 Å². The number of fused-ring (bicyclic) bond motifs is 2. The Morgan fingerprint density at radius 1 is 0.657 bits per heavy atom. The molecule has 0 aromatic heterocycles. The van der Waals surface area contributed by atoms with Crippen LogP contribution in [-0.2, 0) is 9.47 Å². The van der Waals surface area contributed by atoms with Crippen molar-refractivity contribution < 1.29 is 18.9 Å². The molecule has 5 heteroatoms. The molecule has 3 aromatic carbocycles. The Morgan fingerprint density at radius 2 is 1.23 bits per heavy atom. The molecule has 0 spiro atoms. The van der Waals surface area contributed by atoms with Gasteiger partial charge in [-0.2, -0.15) is 0 Å². The number of ether oxygens (including phenoxy) is 4. The van der Waals surface area contributed by atoms with E-state index in [0.717, 1.165) is 22.3 Å². The Hall–Kier alpha value is -1.50. The summed E-state index contributed by atoms with van der Waals surface area (Å²) in [7, 11) is 3.36. The molecular formula is C30H44O4Sn. The van der Waals surface area contributed by atoms with Gasteiger partial charge in [-0.15, -0.1) is 0 Å². The number of unbranched alkanes of at least 4 members (excludes halogenated alkanes) is 3. The summed E-state index contributed by atoms with van der Waals surface area (Å²) in [6, 6.07) is 15.5. The van der Waals surface area contributed by atoms with Gasteiger partial charge in [-0.05, 0) is 0 Å². The van der Waals surface area contributed by atoms with Gasteiger partial charge >= 0.3 is 217 Å². The predicted octanol–water partition coefficient (Wildman–Crippen LogP) is 8.01. The van der Waals surface area contributed by atoms with Crippen LogP contribution < -0.4 is 13.1 Å². The van der Waals surface area contributed by atoms with Crippen LogP contribution in [-0.4, -0.2) is 46.2 Å². The van der Waals surface area contributed by atoms with E-state index < -0.39 is 18.4 Å². The Balaban J connectivity index is 2.24. The number of hydrogen-bond acceptors (Lipinski definition) is 4. The van der Waals surface area contributed by atoms with E-state index in [1.807, 2.05) is 12.1 Å². The summed E-state index contributed by atoms with van der Waals surface area (Å²) in [5.74, 6) is 1.92. The number of methoxy groups -OCH3 is 2. The van der Waals surface area contributed by atoms with Gasteiger partial charge in [0.25, 0.3) is 0 Å². The minimum atomic E-state index is -2.73. The molecule has 192 valence electrons. The third-order valence-corrected chi connectivity index (χ3v) is 22.8. The van der Waals surface area contributed by atoms with Crippen molar-refractivity contribution in [1.29, 1.82) is 0 Å². The fourth-order valence-electron chi connectivity index (χ4n) is 5.31. The molecule has 0 aliphatic carbocycles. The molecule has 3 rings (SSSR count). The fourth-order valence-corrected chi connectivity index (χ4v) is 21.8. The van der Waals surface area contributed by atoms with Gasteiger partial charge in [0.2, 0.25) is 0 Å². The van der Waals surface area contributed by atoms with Crippen molar-refractivity contribution in [3.8, 4) is 11.5 Å². The second-order valence-electron chi connectivity index (χ2n) is 9.69. The molecule has 0 heterocycles. The van der Waals surface area contributed by atoms with Gasteiger partial charge in [0.15, 0.2) is 0 Å². The second kappa shape index (κ2) is 14.3. The maximum atomic E-state index is 6.47. The Bertz CT molecular complexity index is 1040. The van der Waals surface area contributed by atoms with E-state index in [2.05, 4.69) is 51.1 Å². The Kier molecular flexibility index (Phi) is 11.5. The van der Waals surface area contributed by atoms with Crippen molar-refractivity contribution in [3.05, 3.63) is 42.5 Å². The molecule has 4 nitrogen and oxygen atoms in total. The third kappa shape index (κ3) is 6.84. The molecular weight excluding hydrogens is 543 g/mol. The summed E-state index contributed by atoms with van der Waals surface area (Å²) < 4.78 is 28.7. The van der Waals surface area contributed by atoms with Gasteiger partial charge < -0.3 is 0 Å². The zero-order valence-electron chi connectivity index (χ0n) is 22.5. The molecule has 35 heavy (non-hydrogen) atoms. The molecule has 0 aliphatic rings. The summed E-state index contributed by atoms with van der Waals surface area (Å²) in [4.78, 5) is 0. The molecule has 0 saturated carbocycles. The van der Waals surface area contributed by atoms with Crippen molar-refractivity contribution in [2.45, 2.75) is 72.6 Å². The van der Waals surface area contributed by atoms with Crippen LogP contribution in [0.3, 0.4) is 0 Å². The molecule has 0 atom stereocenters. The van der Waals surface area contributed by atoms with Crippen molar-refractivity contribution in [2.24, 2.45) is 0 Å². The van der Waals surface area contributed by atoms with Gasteiger partial charge in [0.1, 0.15) is 0 Å². The summed E-state index contributed by atoms with van der Waals surface area (Å²) in [5.41, 5.74) is 0. The van der Waals surface area contributed by atoms with Gasteiger partial charge in [-0.25, -0.2) is 0 Å². The zero-order chi connectivity index (χ0) is 25.1. The number of rotatable bonds is 16. The van der Waals surface area contributed by atoms with Gasteiger partial charge in [0.05, 0.1) is 0 Å². The number of hydrogen-bond donors (Lipinski definition) is 0. The maximum absolute atomic E-state index is 6.47. The summed E-state index contributed by atoms with van der Waals surface area (Å²) in [6.45, 7) is 7.50. The van der Waals surface area contributed by atoms with Crippen molar-refractivity contribution in [1.82, 2.24) is 0 Å². The van der Waals surface area contributed by atoms with E-state index >= 15 is 0 Å². The molecule has 0 N–H and O–H groups in total. The van der Waals surface area contributed by atoms with Crippen LogP contribution in [0, 0.1) is 0 Å². The Morgan fingerprint density at radius 3 is 1.83 bits per heavy atom. The van der Waals surface area contributed by atoms with Gasteiger partial charge in [-0.3, -0.25) is 0 Å². The molecule has 0 saturated heterocycles. The van der Waals surface area contributed by atoms with Crippen LogP contribution in [0.2, 0.25) is 13.3 Å². The van der Waals surface area contributed by atoms with Crippen LogP contribution in [0.4, 0.5) is 0 Å². The first-order chi connectivity index (χ1) is 17.1. The normalized spacial score (nSPS) is 11.9. The van der Waals surface area contributed by atoms with E-state index in [1.54, 1.807) is 17.8 Å². The van der Waals surface area contributed by atoms with E-state index in [4.69, 9.17) is 18.9 Å². The molecule has 0 unspecified atom stereocenters. The summed E-state index contributed by atoms with van der Waals surface area (Å²) in [6.07, 6.45) is 7.74. The summed E-state index contributed by atoms with van der Waals surface area (Å²) in [5, 5.41) is 4.63. The van der Waals surface area contributed by atoms with Crippen LogP contribution in [0.5, 0.6) is 11.5 Å². The molecule has 0 amide bonds. The monoisotopic (exact) mass is 588 g/mol. The molecule has 0 fully saturated rings. The van der Waals surface area contributed by atoms with Gasteiger partial charge in [-0.1, -0.05) is 0 Å². The average molecular weight is 587 g/mol. The van der Waals surface area contributed by atoms with Crippen LogP contribution in [0.1, 0.15) is 59.3 Å². The fraction of sp³-hybridized carbons (Fsp3) is 0.533. The third-order valence-electron chi connectivity index (χ3n) is 7.18. The summed E-state index contributed by atoms with van der Waals surface area (Å²) >= 11 is -2.73. The van der Waals surface area contributed by atoms with Crippen LogP contribution >= 0.6 is 0 Å². The van der Waals surface area contributed by atoms with Crippen molar-refractivity contribution in [2.75, 3.05) is 27.8 Å². The average Bonchev–Trinajstić information content (AvgIpc) is 2.89. The van der Waals surface area contributed by atoms with Crippen molar-refractivity contribution >= 4 is 43.5 Å². The van der Waals surface area contributed by atoms with Crippen molar-refractivity contribution in [3.63, 3.8) is 0 Å². The van der Waals surface area contributed by atoms with Gasteiger partial charge in [0, 0.05) is 0 Å². The first-order valence-corrected chi connectivity index (χ1v) is 20.9.